The lowest BCUT2D eigenvalue weighted by Crippen LogP contribution is -2.54. The number of ether oxygens (including phenoxy) is 1. The molecule has 1 heterocycles. The molecule has 9 heteroatoms. The number of rotatable bonds is 5. The molecule has 0 aliphatic carbocycles. The number of nitrogens with zero attached hydrogens (tertiary/aromatic N) is 1. The Morgan fingerprint density at radius 3 is 2.39 bits per heavy atom. The van der Waals surface area contributed by atoms with Crippen molar-refractivity contribution in [2.75, 3.05) is 4.90 Å². The van der Waals surface area contributed by atoms with E-state index in [1.54, 1.807) is 42.5 Å². The minimum Gasteiger partial charge on any atom is -0.488 e. The highest BCUT2D eigenvalue weighted by Crippen LogP contribution is 2.27. The number of amides is 2. The van der Waals surface area contributed by atoms with Gasteiger partial charge in [0.15, 0.2) is 5.11 Å². The van der Waals surface area contributed by atoms with Crippen LogP contribution in [-0.2, 0) is 16.2 Å². The maximum absolute atomic E-state index is 14.3. The van der Waals surface area contributed by atoms with Crippen molar-refractivity contribution in [3.05, 3.63) is 98.6 Å². The average Bonchev–Trinajstić information content (AvgIpc) is 2.78. The number of thiocarbonyl (C=S) groups is 1. The molecule has 33 heavy (non-hydrogen) atoms. The first kappa shape index (κ1) is 23.0. The molecule has 0 atom stereocenters. The number of carbonyl (C=O) groups excluding carboxylic acids is 2. The molecule has 1 N–H and O–H groups in total. The minimum atomic E-state index is -0.733. The van der Waals surface area contributed by atoms with Gasteiger partial charge in [-0.15, -0.1) is 0 Å². The van der Waals surface area contributed by atoms with E-state index in [0.717, 1.165) is 4.90 Å². The zero-order valence-electron chi connectivity index (χ0n) is 16.8. The standard InChI is InChI=1S/C24H15F2IN2O3S/c25-17-6-2-1-5-15(17)13-32-21-10-9-14(12-19(21)27)11-16-22(30)28-24(33)29(23(16)31)20-8-4-3-7-18(20)26/h1-12H,13H2,(H,28,30,33)/b16-11+. The third-order valence-electron chi connectivity index (χ3n) is 4.80. The predicted molar refractivity (Wildman–Crippen MR) is 132 cm³/mol. The zero-order chi connectivity index (χ0) is 23.5. The van der Waals surface area contributed by atoms with Crippen molar-refractivity contribution in [3.8, 4) is 5.75 Å². The number of para-hydroxylation sites is 1. The Morgan fingerprint density at radius 2 is 1.70 bits per heavy atom. The molecule has 3 aromatic rings. The zero-order valence-corrected chi connectivity index (χ0v) is 19.8. The number of carbonyl (C=O) groups is 2. The Balaban J connectivity index is 1.58. The molecule has 4 rings (SSSR count). The van der Waals surface area contributed by atoms with Crippen LogP contribution in [0.25, 0.3) is 6.08 Å². The molecule has 1 aliphatic rings. The van der Waals surface area contributed by atoms with Gasteiger partial charge >= 0.3 is 0 Å². The molecule has 1 saturated heterocycles. The molecular formula is C24H15F2IN2O3S. The van der Waals surface area contributed by atoms with Crippen LogP contribution in [0.2, 0.25) is 0 Å². The fourth-order valence-electron chi connectivity index (χ4n) is 3.17. The first-order valence-corrected chi connectivity index (χ1v) is 11.2. The number of hydrogen-bond acceptors (Lipinski definition) is 4. The van der Waals surface area contributed by atoms with Gasteiger partial charge in [-0.3, -0.25) is 14.9 Å². The van der Waals surface area contributed by atoms with Gasteiger partial charge in [-0.2, -0.15) is 0 Å². The molecule has 0 unspecified atom stereocenters. The van der Waals surface area contributed by atoms with Crippen molar-refractivity contribution < 1.29 is 23.1 Å². The van der Waals surface area contributed by atoms with Crippen LogP contribution in [0.3, 0.4) is 0 Å². The second kappa shape index (κ2) is 9.75. The summed E-state index contributed by atoms with van der Waals surface area (Å²) in [6.45, 7) is 0.0546. The fourth-order valence-corrected chi connectivity index (χ4v) is 4.14. The van der Waals surface area contributed by atoms with E-state index in [-0.39, 0.29) is 28.8 Å². The lowest BCUT2D eigenvalue weighted by Gasteiger charge is -2.29. The van der Waals surface area contributed by atoms with E-state index < -0.39 is 17.6 Å². The smallest absolute Gasteiger partial charge is 0.270 e. The van der Waals surface area contributed by atoms with Gasteiger partial charge in [0.25, 0.3) is 11.8 Å². The molecule has 1 aliphatic heterocycles. The second-order valence-electron chi connectivity index (χ2n) is 6.98. The van der Waals surface area contributed by atoms with Crippen LogP contribution >= 0.6 is 34.8 Å². The summed E-state index contributed by atoms with van der Waals surface area (Å²) < 4.78 is 34.5. The summed E-state index contributed by atoms with van der Waals surface area (Å²) in [4.78, 5) is 26.4. The van der Waals surface area contributed by atoms with E-state index in [0.29, 0.717) is 20.4 Å². The Hall–Kier alpha value is -3.18. The Kier molecular flexibility index (Phi) is 6.80. The van der Waals surface area contributed by atoms with Gasteiger partial charge in [-0.1, -0.05) is 36.4 Å². The molecule has 3 aromatic carbocycles. The second-order valence-corrected chi connectivity index (χ2v) is 8.53. The van der Waals surface area contributed by atoms with Crippen molar-refractivity contribution in [1.29, 1.82) is 0 Å². The monoisotopic (exact) mass is 576 g/mol. The van der Waals surface area contributed by atoms with Gasteiger partial charge < -0.3 is 4.74 Å². The summed E-state index contributed by atoms with van der Waals surface area (Å²) in [6.07, 6.45) is 1.40. The summed E-state index contributed by atoms with van der Waals surface area (Å²) in [6, 6.07) is 17.0. The summed E-state index contributed by atoms with van der Waals surface area (Å²) >= 11 is 7.14. The van der Waals surface area contributed by atoms with Crippen LogP contribution in [0.5, 0.6) is 5.75 Å². The SMILES string of the molecule is O=C1NC(=S)N(c2ccccc2F)C(=O)/C1=C/c1ccc(OCc2ccccc2F)c(I)c1. The number of anilines is 1. The summed E-state index contributed by atoms with van der Waals surface area (Å²) in [5.41, 5.74) is 0.734. The highest BCUT2D eigenvalue weighted by atomic mass is 127. The summed E-state index contributed by atoms with van der Waals surface area (Å²) in [5, 5.41) is 2.23. The molecule has 0 aromatic heterocycles. The van der Waals surface area contributed by atoms with Crippen molar-refractivity contribution in [1.82, 2.24) is 5.32 Å². The van der Waals surface area contributed by atoms with Gasteiger partial charge in [0.2, 0.25) is 0 Å². The van der Waals surface area contributed by atoms with E-state index >= 15 is 0 Å². The van der Waals surface area contributed by atoms with Crippen LogP contribution in [-0.4, -0.2) is 16.9 Å². The predicted octanol–water partition coefficient (Wildman–Crippen LogP) is 4.98. The largest absolute Gasteiger partial charge is 0.488 e. The maximum Gasteiger partial charge on any atom is 0.270 e. The van der Waals surface area contributed by atoms with Gasteiger partial charge in [-0.25, -0.2) is 13.7 Å². The van der Waals surface area contributed by atoms with E-state index in [4.69, 9.17) is 17.0 Å². The fraction of sp³-hybridized carbons (Fsp3) is 0.0417. The first-order valence-electron chi connectivity index (χ1n) is 9.67. The van der Waals surface area contributed by atoms with Crippen LogP contribution < -0.4 is 15.0 Å². The molecule has 0 bridgehead atoms. The highest BCUT2D eigenvalue weighted by molar-refractivity contribution is 14.1. The molecule has 5 nitrogen and oxygen atoms in total. The van der Waals surface area contributed by atoms with Gasteiger partial charge in [0.1, 0.15) is 29.6 Å². The number of nitrogens with one attached hydrogen (secondary N) is 1. The first-order chi connectivity index (χ1) is 15.8. The highest BCUT2D eigenvalue weighted by Gasteiger charge is 2.35. The quantitative estimate of drug-likeness (QED) is 0.202. The van der Waals surface area contributed by atoms with E-state index in [1.165, 1.54) is 30.3 Å². The molecule has 166 valence electrons. The molecule has 0 spiro atoms. The molecule has 0 saturated carbocycles. The van der Waals surface area contributed by atoms with E-state index in [1.807, 2.05) is 22.6 Å². The van der Waals surface area contributed by atoms with Gasteiger partial charge in [0, 0.05) is 5.56 Å². The Morgan fingerprint density at radius 1 is 1.00 bits per heavy atom. The third kappa shape index (κ3) is 4.93. The molecular weight excluding hydrogens is 561 g/mol. The topological polar surface area (TPSA) is 58.6 Å². The number of halogens is 3. The van der Waals surface area contributed by atoms with E-state index in [9.17, 15) is 18.4 Å². The molecule has 2 amide bonds. The lowest BCUT2D eigenvalue weighted by molar-refractivity contribution is -0.122. The number of benzene rings is 3. The summed E-state index contributed by atoms with van der Waals surface area (Å²) in [7, 11) is 0. The van der Waals surface area contributed by atoms with Crippen molar-refractivity contribution in [2.24, 2.45) is 0 Å². The van der Waals surface area contributed by atoms with Gasteiger partial charge in [-0.05, 0) is 76.8 Å². The van der Waals surface area contributed by atoms with Crippen molar-refractivity contribution >= 4 is 63.5 Å². The normalized spacial score (nSPS) is 15.1. The van der Waals surface area contributed by atoms with Crippen molar-refractivity contribution in [2.45, 2.75) is 6.61 Å². The molecule has 0 radical (unpaired) electrons. The van der Waals surface area contributed by atoms with Crippen LogP contribution in [0.15, 0.2) is 72.3 Å². The maximum atomic E-state index is 14.3. The third-order valence-corrected chi connectivity index (χ3v) is 5.93. The van der Waals surface area contributed by atoms with Crippen molar-refractivity contribution in [3.63, 3.8) is 0 Å². The van der Waals surface area contributed by atoms with Crippen LogP contribution in [0.4, 0.5) is 14.5 Å². The minimum absolute atomic E-state index is 0.0510. The Labute approximate surface area is 207 Å². The average molecular weight is 576 g/mol. The molecule has 1 fully saturated rings. The van der Waals surface area contributed by atoms with Gasteiger partial charge in [0.05, 0.1) is 9.26 Å². The van der Waals surface area contributed by atoms with Crippen LogP contribution in [0, 0.1) is 15.2 Å². The summed E-state index contributed by atoms with van der Waals surface area (Å²) in [5.74, 6) is -1.88. The van der Waals surface area contributed by atoms with E-state index in [2.05, 4.69) is 5.32 Å². The number of hydrogen-bond donors (Lipinski definition) is 1. The Bertz CT molecular complexity index is 1310. The van der Waals surface area contributed by atoms with Crippen LogP contribution in [0.1, 0.15) is 11.1 Å². The lowest BCUT2D eigenvalue weighted by atomic mass is 10.1.